The fourth-order valence-electron chi connectivity index (χ4n) is 2.35. The third-order valence-electron chi connectivity index (χ3n) is 3.42. The number of aliphatic hydroxyl groups is 1. The summed E-state index contributed by atoms with van der Waals surface area (Å²) in [6.07, 6.45) is 0.202. The molecule has 0 aliphatic rings. The van der Waals surface area contributed by atoms with E-state index in [9.17, 15) is 9.90 Å². The van der Waals surface area contributed by atoms with Crippen molar-refractivity contribution < 1.29 is 15.0 Å². The first kappa shape index (κ1) is 16.7. The van der Waals surface area contributed by atoms with Gasteiger partial charge in [0.2, 0.25) is 0 Å². The van der Waals surface area contributed by atoms with Gasteiger partial charge in [0.05, 0.1) is 0 Å². The van der Waals surface area contributed by atoms with Gasteiger partial charge in [0.25, 0.3) is 0 Å². The van der Waals surface area contributed by atoms with Gasteiger partial charge in [0.1, 0.15) is 6.10 Å². The number of hydrogen-bond acceptors (Lipinski definition) is 4. The second kappa shape index (κ2) is 8.68. The number of hydrogen-bond donors (Lipinski definition) is 2. The average Bonchev–Trinajstić information content (AvgIpc) is 3.02. The molecule has 1 heterocycles. The molecule has 1 aromatic carbocycles. The zero-order chi connectivity index (χ0) is 15.8. The molecule has 0 spiro atoms. The third-order valence-corrected chi connectivity index (χ3v) is 4.39. The number of rotatable bonds is 9. The lowest BCUT2D eigenvalue weighted by Gasteiger charge is -2.24. The Bertz CT molecular complexity index is 557. The lowest BCUT2D eigenvalue weighted by Crippen LogP contribution is -2.29. The molecular formula is C17H21NO3S. The topological polar surface area (TPSA) is 60.8 Å². The van der Waals surface area contributed by atoms with E-state index in [1.165, 1.54) is 11.3 Å². The van der Waals surface area contributed by atoms with Crippen LogP contribution in [-0.2, 0) is 11.3 Å². The standard InChI is InChI=1S/C17H21NO3S/c19-15(16-8-5-11-22-16)13-18(10-4-9-17(20)21)12-14-6-2-1-3-7-14/h1-3,5-8,11,15,19H,4,9-10,12-13H2,(H,20,21). The van der Waals surface area contributed by atoms with Crippen LogP contribution in [0.3, 0.4) is 0 Å². The molecule has 22 heavy (non-hydrogen) atoms. The molecular weight excluding hydrogens is 298 g/mol. The van der Waals surface area contributed by atoms with Gasteiger partial charge in [0, 0.05) is 24.4 Å². The van der Waals surface area contributed by atoms with Gasteiger partial charge in [-0.2, -0.15) is 0 Å². The minimum absolute atomic E-state index is 0.153. The highest BCUT2D eigenvalue weighted by atomic mass is 32.1. The molecule has 0 bridgehead atoms. The van der Waals surface area contributed by atoms with E-state index in [0.29, 0.717) is 26.1 Å². The highest BCUT2D eigenvalue weighted by Crippen LogP contribution is 2.20. The van der Waals surface area contributed by atoms with Crippen molar-refractivity contribution in [3.63, 3.8) is 0 Å². The molecule has 2 aromatic rings. The SMILES string of the molecule is O=C(O)CCCN(Cc1ccccc1)CC(O)c1cccs1. The summed E-state index contributed by atoms with van der Waals surface area (Å²) in [4.78, 5) is 13.7. The molecule has 0 aliphatic heterocycles. The monoisotopic (exact) mass is 319 g/mol. The molecule has 1 unspecified atom stereocenters. The number of aliphatic hydroxyl groups excluding tert-OH is 1. The first-order valence-electron chi connectivity index (χ1n) is 7.34. The highest BCUT2D eigenvalue weighted by Gasteiger charge is 2.15. The summed E-state index contributed by atoms with van der Waals surface area (Å²) in [7, 11) is 0. The van der Waals surface area contributed by atoms with Crippen molar-refractivity contribution in [3.05, 3.63) is 58.3 Å². The van der Waals surface area contributed by atoms with Crippen LogP contribution in [-0.4, -0.2) is 34.2 Å². The molecule has 1 atom stereocenters. The molecule has 0 amide bonds. The predicted octanol–water partition coefficient (Wildman–Crippen LogP) is 3.15. The van der Waals surface area contributed by atoms with Gasteiger partial charge in [-0.05, 0) is 30.0 Å². The van der Waals surface area contributed by atoms with E-state index in [2.05, 4.69) is 4.90 Å². The lowest BCUT2D eigenvalue weighted by molar-refractivity contribution is -0.137. The second-order valence-electron chi connectivity index (χ2n) is 5.25. The summed E-state index contributed by atoms with van der Waals surface area (Å²) >= 11 is 1.54. The Balaban J connectivity index is 1.95. The number of benzene rings is 1. The van der Waals surface area contributed by atoms with Crippen molar-refractivity contribution in [2.75, 3.05) is 13.1 Å². The van der Waals surface area contributed by atoms with Crippen LogP contribution in [0.5, 0.6) is 0 Å². The van der Waals surface area contributed by atoms with Crippen LogP contribution in [0.2, 0.25) is 0 Å². The number of aliphatic carboxylic acids is 1. The van der Waals surface area contributed by atoms with E-state index in [1.54, 1.807) is 0 Å². The van der Waals surface area contributed by atoms with Gasteiger partial charge in [-0.15, -0.1) is 11.3 Å². The van der Waals surface area contributed by atoms with Crippen molar-refractivity contribution in [1.82, 2.24) is 4.90 Å². The molecule has 0 saturated heterocycles. The molecule has 4 nitrogen and oxygen atoms in total. The van der Waals surface area contributed by atoms with E-state index in [1.807, 2.05) is 47.8 Å². The number of carboxylic acid groups (broad SMARTS) is 1. The van der Waals surface area contributed by atoms with E-state index in [-0.39, 0.29) is 6.42 Å². The normalized spacial score (nSPS) is 12.5. The minimum atomic E-state index is -0.779. The van der Waals surface area contributed by atoms with Crippen molar-refractivity contribution in [3.8, 4) is 0 Å². The molecule has 5 heteroatoms. The smallest absolute Gasteiger partial charge is 0.303 e. The van der Waals surface area contributed by atoms with Gasteiger partial charge in [-0.1, -0.05) is 36.4 Å². The number of thiophene rings is 1. The van der Waals surface area contributed by atoms with Crippen LogP contribution in [0.25, 0.3) is 0 Å². The van der Waals surface area contributed by atoms with E-state index < -0.39 is 12.1 Å². The first-order chi connectivity index (χ1) is 10.6. The Morgan fingerprint density at radius 3 is 2.59 bits per heavy atom. The van der Waals surface area contributed by atoms with Crippen LogP contribution < -0.4 is 0 Å². The summed E-state index contributed by atoms with van der Waals surface area (Å²) in [5.41, 5.74) is 1.16. The zero-order valence-electron chi connectivity index (χ0n) is 12.4. The number of carbonyl (C=O) groups is 1. The Hall–Kier alpha value is -1.69. The van der Waals surface area contributed by atoms with E-state index in [0.717, 1.165) is 10.4 Å². The van der Waals surface area contributed by atoms with Crippen LogP contribution in [0.4, 0.5) is 0 Å². The summed E-state index contributed by atoms with van der Waals surface area (Å²) < 4.78 is 0. The molecule has 0 fully saturated rings. The Morgan fingerprint density at radius 1 is 1.18 bits per heavy atom. The van der Waals surface area contributed by atoms with Crippen LogP contribution in [0.1, 0.15) is 29.4 Å². The Morgan fingerprint density at radius 2 is 1.95 bits per heavy atom. The molecule has 0 radical (unpaired) electrons. The van der Waals surface area contributed by atoms with Gasteiger partial charge in [0.15, 0.2) is 0 Å². The first-order valence-corrected chi connectivity index (χ1v) is 8.22. The summed E-state index contributed by atoms with van der Waals surface area (Å²) in [6.45, 7) is 1.88. The van der Waals surface area contributed by atoms with Crippen LogP contribution >= 0.6 is 11.3 Å². The van der Waals surface area contributed by atoms with E-state index >= 15 is 0 Å². The maximum absolute atomic E-state index is 10.7. The van der Waals surface area contributed by atoms with Crippen molar-refractivity contribution in [2.24, 2.45) is 0 Å². The van der Waals surface area contributed by atoms with Crippen LogP contribution in [0, 0.1) is 0 Å². The van der Waals surface area contributed by atoms with Crippen LogP contribution in [0.15, 0.2) is 47.8 Å². The van der Waals surface area contributed by atoms with E-state index in [4.69, 9.17) is 5.11 Å². The molecule has 118 valence electrons. The Kier molecular flexibility index (Phi) is 6.58. The third kappa shape index (κ3) is 5.60. The van der Waals surface area contributed by atoms with Gasteiger partial charge >= 0.3 is 5.97 Å². The summed E-state index contributed by atoms with van der Waals surface area (Å²) in [5.74, 6) is -0.779. The van der Waals surface area contributed by atoms with Gasteiger partial charge < -0.3 is 10.2 Å². The molecule has 2 rings (SSSR count). The quantitative estimate of drug-likeness (QED) is 0.745. The fourth-order valence-corrected chi connectivity index (χ4v) is 3.05. The molecule has 2 N–H and O–H groups in total. The van der Waals surface area contributed by atoms with Gasteiger partial charge in [-0.25, -0.2) is 0 Å². The number of nitrogens with zero attached hydrogens (tertiary/aromatic N) is 1. The fraction of sp³-hybridized carbons (Fsp3) is 0.353. The van der Waals surface area contributed by atoms with Crippen molar-refractivity contribution in [1.29, 1.82) is 0 Å². The largest absolute Gasteiger partial charge is 0.481 e. The Labute approximate surface area is 134 Å². The molecule has 0 saturated carbocycles. The number of carboxylic acids is 1. The zero-order valence-corrected chi connectivity index (χ0v) is 13.2. The minimum Gasteiger partial charge on any atom is -0.481 e. The lowest BCUT2D eigenvalue weighted by atomic mass is 10.1. The maximum Gasteiger partial charge on any atom is 0.303 e. The highest BCUT2D eigenvalue weighted by molar-refractivity contribution is 7.10. The second-order valence-corrected chi connectivity index (χ2v) is 6.23. The maximum atomic E-state index is 10.7. The molecule has 0 aliphatic carbocycles. The van der Waals surface area contributed by atoms with Gasteiger partial charge in [-0.3, -0.25) is 9.69 Å². The predicted molar refractivity (Wildman–Crippen MR) is 87.9 cm³/mol. The van der Waals surface area contributed by atoms with Crippen molar-refractivity contribution >= 4 is 17.3 Å². The molecule has 1 aromatic heterocycles. The van der Waals surface area contributed by atoms with Crippen molar-refractivity contribution in [2.45, 2.75) is 25.5 Å². The summed E-state index contributed by atoms with van der Waals surface area (Å²) in [6, 6.07) is 13.9. The average molecular weight is 319 g/mol. The summed E-state index contributed by atoms with van der Waals surface area (Å²) in [5, 5.41) is 21.0.